The summed E-state index contributed by atoms with van der Waals surface area (Å²) in [5.74, 6) is -1.28. The van der Waals surface area contributed by atoms with Crippen LogP contribution in [0.25, 0.3) is 10.9 Å². The Labute approximate surface area is 171 Å². The van der Waals surface area contributed by atoms with Crippen LogP contribution in [0.3, 0.4) is 0 Å². The molecule has 0 unspecified atom stereocenters. The molecule has 2 aromatic carbocycles. The third-order valence-corrected chi connectivity index (χ3v) is 5.89. The van der Waals surface area contributed by atoms with Gasteiger partial charge in [0, 0.05) is 54.5 Å². The molecule has 1 atom stereocenters. The Morgan fingerprint density at radius 3 is 2.50 bits per heavy atom. The second-order valence-electron chi connectivity index (χ2n) is 6.80. The lowest BCUT2D eigenvalue weighted by Gasteiger charge is -2.38. The lowest BCUT2D eigenvalue weighted by Crippen LogP contribution is -2.49. The Hall–Kier alpha value is -2.28. The third-order valence-electron chi connectivity index (χ3n) is 5.15. The van der Waals surface area contributed by atoms with Crippen LogP contribution in [0.1, 0.15) is 11.6 Å². The maximum atomic E-state index is 13.4. The smallest absolute Gasteiger partial charge is 0.325 e. The van der Waals surface area contributed by atoms with Crippen molar-refractivity contribution in [2.45, 2.75) is 6.04 Å². The van der Waals surface area contributed by atoms with E-state index in [4.69, 9.17) is 23.2 Å². The molecule has 0 spiro atoms. The van der Waals surface area contributed by atoms with Crippen molar-refractivity contribution < 1.29 is 14.3 Å². The average Bonchev–Trinajstić information content (AvgIpc) is 3.07. The van der Waals surface area contributed by atoms with E-state index in [9.17, 15) is 14.3 Å². The summed E-state index contributed by atoms with van der Waals surface area (Å²) in [6.45, 7) is 2.48. The molecule has 4 rings (SSSR count). The summed E-state index contributed by atoms with van der Waals surface area (Å²) >= 11 is 12.1. The summed E-state index contributed by atoms with van der Waals surface area (Å²) in [4.78, 5) is 19.1. The zero-order chi connectivity index (χ0) is 19.8. The molecule has 0 radical (unpaired) electrons. The van der Waals surface area contributed by atoms with Gasteiger partial charge in [0.25, 0.3) is 0 Å². The maximum absolute atomic E-state index is 13.4. The summed E-state index contributed by atoms with van der Waals surface area (Å²) in [5.41, 5.74) is 2.20. The fourth-order valence-corrected chi connectivity index (χ4v) is 4.05. The van der Waals surface area contributed by atoms with Gasteiger partial charge in [0.05, 0.1) is 10.0 Å². The number of carbonyl (C=O) groups is 1. The highest BCUT2D eigenvalue weighted by atomic mass is 35.5. The van der Waals surface area contributed by atoms with Crippen LogP contribution in [0, 0.1) is 5.82 Å². The number of halogens is 3. The Bertz CT molecular complexity index is 1030. The van der Waals surface area contributed by atoms with Crippen molar-refractivity contribution in [2.75, 3.05) is 31.1 Å². The van der Waals surface area contributed by atoms with Gasteiger partial charge in [-0.15, -0.1) is 0 Å². The van der Waals surface area contributed by atoms with Gasteiger partial charge in [-0.05, 0) is 36.4 Å². The van der Waals surface area contributed by atoms with E-state index in [2.05, 4.69) is 9.88 Å². The molecule has 0 bridgehead atoms. The van der Waals surface area contributed by atoms with Gasteiger partial charge in [0.2, 0.25) is 0 Å². The number of hydrogen-bond acceptors (Lipinski definition) is 3. The van der Waals surface area contributed by atoms with Gasteiger partial charge in [-0.1, -0.05) is 23.2 Å². The van der Waals surface area contributed by atoms with Crippen LogP contribution in [-0.2, 0) is 4.79 Å². The molecular formula is C20H18Cl2FN3O2. The van der Waals surface area contributed by atoms with Crippen LogP contribution in [0.5, 0.6) is 0 Å². The van der Waals surface area contributed by atoms with Gasteiger partial charge in [-0.25, -0.2) is 4.39 Å². The molecule has 0 aliphatic carbocycles. The molecule has 0 amide bonds. The number of benzene rings is 2. The predicted octanol–water partition coefficient (Wildman–Crippen LogP) is 4.56. The number of carboxylic acids is 1. The molecule has 5 nitrogen and oxygen atoms in total. The number of fused-ring (bicyclic) bond motifs is 1. The highest BCUT2D eigenvalue weighted by Crippen LogP contribution is 2.32. The van der Waals surface area contributed by atoms with Crippen LogP contribution in [-0.4, -0.2) is 47.1 Å². The number of aromatic amines is 1. The largest absolute Gasteiger partial charge is 0.480 e. The maximum Gasteiger partial charge on any atom is 0.325 e. The predicted molar refractivity (Wildman–Crippen MR) is 109 cm³/mol. The summed E-state index contributed by atoms with van der Waals surface area (Å²) in [6, 6.07) is 9.04. The van der Waals surface area contributed by atoms with Crippen LogP contribution < -0.4 is 4.90 Å². The molecule has 1 aliphatic rings. The lowest BCUT2D eigenvalue weighted by atomic mass is 10.0. The Morgan fingerprint density at radius 2 is 1.82 bits per heavy atom. The van der Waals surface area contributed by atoms with E-state index in [1.807, 2.05) is 17.0 Å². The molecule has 1 aromatic heterocycles. The van der Waals surface area contributed by atoms with Crippen molar-refractivity contribution in [1.82, 2.24) is 9.88 Å². The number of H-pyrrole nitrogens is 1. The van der Waals surface area contributed by atoms with Gasteiger partial charge in [-0.3, -0.25) is 9.69 Å². The second kappa shape index (κ2) is 7.62. The molecule has 1 aliphatic heterocycles. The molecule has 146 valence electrons. The van der Waals surface area contributed by atoms with Crippen LogP contribution >= 0.6 is 23.2 Å². The number of nitrogens with zero attached hydrogens (tertiary/aromatic N) is 2. The lowest BCUT2D eigenvalue weighted by molar-refractivity contribution is -0.143. The van der Waals surface area contributed by atoms with Crippen molar-refractivity contribution in [3.63, 3.8) is 0 Å². The van der Waals surface area contributed by atoms with Gasteiger partial charge < -0.3 is 15.0 Å². The third kappa shape index (κ3) is 3.55. The van der Waals surface area contributed by atoms with E-state index in [-0.39, 0.29) is 5.82 Å². The van der Waals surface area contributed by atoms with Crippen LogP contribution in [0.2, 0.25) is 10.0 Å². The minimum absolute atomic E-state index is 0.358. The molecule has 1 fully saturated rings. The number of carboxylic acid groups (broad SMARTS) is 1. The van der Waals surface area contributed by atoms with Gasteiger partial charge in [0.15, 0.2) is 0 Å². The van der Waals surface area contributed by atoms with Crippen molar-refractivity contribution in [3.05, 3.63) is 64.0 Å². The fourth-order valence-electron chi connectivity index (χ4n) is 3.75. The number of hydrogen-bond donors (Lipinski definition) is 2. The van der Waals surface area contributed by atoms with E-state index in [0.29, 0.717) is 47.3 Å². The van der Waals surface area contributed by atoms with E-state index >= 15 is 0 Å². The van der Waals surface area contributed by atoms with E-state index in [0.717, 1.165) is 11.1 Å². The zero-order valence-corrected chi connectivity index (χ0v) is 16.3. The normalized spacial score (nSPS) is 16.5. The Kier molecular flexibility index (Phi) is 5.19. The summed E-state index contributed by atoms with van der Waals surface area (Å²) < 4.78 is 13.4. The van der Waals surface area contributed by atoms with E-state index in [1.54, 1.807) is 18.3 Å². The van der Waals surface area contributed by atoms with Gasteiger partial charge in [-0.2, -0.15) is 0 Å². The summed E-state index contributed by atoms with van der Waals surface area (Å²) in [6.07, 6.45) is 1.66. The number of nitrogens with one attached hydrogen (secondary N) is 1. The summed E-state index contributed by atoms with van der Waals surface area (Å²) in [5, 5.41) is 11.6. The molecular weight excluding hydrogens is 404 g/mol. The van der Waals surface area contributed by atoms with E-state index < -0.39 is 12.0 Å². The highest BCUT2D eigenvalue weighted by molar-refractivity contribution is 6.42. The highest BCUT2D eigenvalue weighted by Gasteiger charge is 2.32. The monoisotopic (exact) mass is 421 g/mol. The zero-order valence-electron chi connectivity index (χ0n) is 14.8. The first-order valence-corrected chi connectivity index (χ1v) is 9.63. The van der Waals surface area contributed by atoms with Crippen molar-refractivity contribution in [3.8, 4) is 0 Å². The van der Waals surface area contributed by atoms with Gasteiger partial charge in [0.1, 0.15) is 11.9 Å². The molecule has 0 saturated carbocycles. The topological polar surface area (TPSA) is 59.6 Å². The molecule has 28 heavy (non-hydrogen) atoms. The SMILES string of the molecule is O=C(O)[C@@H](c1c[nH]c2cc(F)ccc12)N1CCN(c2ccc(Cl)c(Cl)c2)CC1. The molecule has 8 heteroatoms. The number of rotatable bonds is 4. The Morgan fingerprint density at radius 1 is 1.07 bits per heavy atom. The number of piperazine rings is 1. The summed E-state index contributed by atoms with van der Waals surface area (Å²) in [7, 11) is 0. The van der Waals surface area contributed by atoms with Crippen molar-refractivity contribution in [1.29, 1.82) is 0 Å². The molecule has 2 N–H and O–H groups in total. The first-order valence-electron chi connectivity index (χ1n) is 8.87. The molecule has 1 saturated heterocycles. The minimum atomic E-state index is -0.923. The fraction of sp³-hybridized carbons (Fsp3) is 0.250. The quantitative estimate of drug-likeness (QED) is 0.647. The van der Waals surface area contributed by atoms with Crippen molar-refractivity contribution >= 4 is 45.8 Å². The van der Waals surface area contributed by atoms with Crippen molar-refractivity contribution in [2.24, 2.45) is 0 Å². The first-order chi connectivity index (χ1) is 13.4. The van der Waals surface area contributed by atoms with Crippen LogP contribution in [0.15, 0.2) is 42.6 Å². The molecule has 3 aromatic rings. The number of aromatic nitrogens is 1. The molecule has 2 heterocycles. The second-order valence-corrected chi connectivity index (χ2v) is 7.61. The standard InChI is InChI=1S/C20H18Cl2FN3O2/c21-16-4-2-13(10-17(16)22)25-5-7-26(8-6-25)19(20(27)28)15-11-24-18-9-12(23)1-3-14(15)18/h1-4,9-11,19,24H,5-8H2,(H,27,28)/t19-/m1/s1. The average molecular weight is 422 g/mol. The van der Waals surface area contributed by atoms with Crippen LogP contribution in [0.4, 0.5) is 10.1 Å². The first kappa shape index (κ1) is 19.1. The number of anilines is 1. The van der Waals surface area contributed by atoms with E-state index in [1.165, 1.54) is 12.1 Å². The Balaban J connectivity index is 1.55. The number of aliphatic carboxylic acids is 1. The van der Waals surface area contributed by atoms with Gasteiger partial charge >= 0.3 is 5.97 Å². The minimum Gasteiger partial charge on any atom is -0.480 e.